The first-order valence-corrected chi connectivity index (χ1v) is 17.0. The molecule has 9 heteroatoms. The van der Waals surface area contributed by atoms with Gasteiger partial charge in [0.1, 0.15) is 11.5 Å². The Balaban J connectivity index is 1.13. The van der Waals surface area contributed by atoms with Gasteiger partial charge in [-0.1, -0.05) is 48.5 Å². The maximum absolute atomic E-state index is 14.7. The van der Waals surface area contributed by atoms with Gasteiger partial charge in [0, 0.05) is 66.5 Å². The molecule has 4 aromatic rings. The van der Waals surface area contributed by atoms with Crippen LogP contribution in [0.1, 0.15) is 62.0 Å². The molecule has 0 saturated heterocycles. The smallest absolute Gasteiger partial charge is 0.308 e. The average Bonchev–Trinajstić information content (AvgIpc) is 3.84. The number of ether oxygens (including phenoxy) is 1. The summed E-state index contributed by atoms with van der Waals surface area (Å²) in [6.07, 6.45) is 3.00. The van der Waals surface area contributed by atoms with Crippen LogP contribution in [0.15, 0.2) is 60.7 Å². The van der Waals surface area contributed by atoms with Crippen molar-refractivity contribution in [1.82, 2.24) is 0 Å². The quantitative estimate of drug-likeness (QED) is 0.136. The summed E-state index contributed by atoms with van der Waals surface area (Å²) in [5, 5.41) is 14.3. The van der Waals surface area contributed by atoms with Gasteiger partial charge >= 0.3 is 5.97 Å². The van der Waals surface area contributed by atoms with E-state index in [4.69, 9.17) is 27.9 Å². The highest BCUT2D eigenvalue weighted by Gasteiger charge is 2.63. The molecule has 2 saturated carbocycles. The van der Waals surface area contributed by atoms with Crippen molar-refractivity contribution in [3.8, 4) is 11.5 Å². The Bertz CT molecular complexity index is 1970. The zero-order valence-electron chi connectivity index (χ0n) is 25.5. The largest absolute Gasteiger partial charge is 0.507 e. The fourth-order valence-electron chi connectivity index (χ4n) is 9.08. The molecule has 2 amide bonds. The normalized spacial score (nSPS) is 26.2. The minimum Gasteiger partial charge on any atom is -0.507 e. The number of fused-ring (bicyclic) bond motifs is 8. The summed E-state index contributed by atoms with van der Waals surface area (Å²) in [5.41, 5.74) is 2.13. The Kier molecular flexibility index (Phi) is 6.82. The van der Waals surface area contributed by atoms with Gasteiger partial charge < -0.3 is 19.6 Å². The molecule has 0 spiro atoms. The first-order chi connectivity index (χ1) is 22.2. The van der Waals surface area contributed by atoms with Crippen molar-refractivity contribution in [3.05, 3.63) is 71.8 Å². The first kappa shape index (κ1) is 29.6. The van der Waals surface area contributed by atoms with Crippen LogP contribution in [0.25, 0.3) is 21.5 Å². The van der Waals surface area contributed by atoms with Gasteiger partial charge in [-0.15, -0.1) is 23.2 Å². The summed E-state index contributed by atoms with van der Waals surface area (Å²) < 4.78 is 5.63. The number of benzene rings is 4. The molecular weight excluding hydrogens is 623 g/mol. The molecule has 2 heterocycles. The Morgan fingerprint density at radius 1 is 0.761 bits per heavy atom. The summed E-state index contributed by atoms with van der Waals surface area (Å²) in [6.45, 7) is 2.27. The highest BCUT2D eigenvalue weighted by Crippen LogP contribution is 2.64. The molecule has 2 aliphatic carbocycles. The number of rotatable bonds is 5. The molecule has 0 aromatic heterocycles. The summed E-state index contributed by atoms with van der Waals surface area (Å²) in [7, 11) is 0. The Morgan fingerprint density at radius 3 is 1.72 bits per heavy atom. The van der Waals surface area contributed by atoms with Crippen LogP contribution in [0, 0.1) is 10.8 Å². The molecule has 2 fully saturated rings. The van der Waals surface area contributed by atoms with Crippen molar-refractivity contribution in [2.24, 2.45) is 10.8 Å². The van der Waals surface area contributed by atoms with Crippen molar-refractivity contribution in [1.29, 1.82) is 0 Å². The van der Waals surface area contributed by atoms with Crippen molar-refractivity contribution < 1.29 is 24.2 Å². The van der Waals surface area contributed by atoms with Gasteiger partial charge in [0.15, 0.2) is 0 Å². The molecule has 4 aliphatic rings. The number of nitrogens with zero attached hydrogens (tertiary/aromatic N) is 2. The van der Waals surface area contributed by atoms with E-state index >= 15 is 0 Å². The molecule has 46 heavy (non-hydrogen) atoms. The van der Waals surface area contributed by atoms with Crippen molar-refractivity contribution in [3.63, 3.8) is 0 Å². The number of carbonyl (C=O) groups excluding carboxylic acids is 3. The molecule has 2 atom stereocenters. The number of hydrogen-bond acceptors (Lipinski definition) is 5. The van der Waals surface area contributed by atoms with E-state index in [1.54, 1.807) is 6.07 Å². The number of phenols is 1. The lowest BCUT2D eigenvalue weighted by Gasteiger charge is -2.32. The molecular formula is C37H34Cl2N2O5. The van der Waals surface area contributed by atoms with Crippen LogP contribution >= 0.6 is 23.2 Å². The van der Waals surface area contributed by atoms with Crippen molar-refractivity contribution in [2.45, 2.75) is 50.9 Å². The van der Waals surface area contributed by atoms with Crippen LogP contribution < -0.4 is 14.5 Å². The number of hydrogen-bond donors (Lipinski definition) is 1. The number of esters is 1. The van der Waals surface area contributed by atoms with Crippen LogP contribution in [0.3, 0.4) is 0 Å². The minimum atomic E-state index is -0.665. The summed E-state index contributed by atoms with van der Waals surface area (Å²) in [6, 6.07) is 19.0. The number of amides is 2. The van der Waals surface area contributed by atoms with E-state index in [1.165, 1.54) is 6.92 Å². The van der Waals surface area contributed by atoms with Crippen molar-refractivity contribution in [2.75, 3.05) is 34.6 Å². The van der Waals surface area contributed by atoms with E-state index in [-0.39, 0.29) is 29.4 Å². The topological polar surface area (TPSA) is 87.2 Å². The molecule has 0 radical (unpaired) electrons. The second-order valence-electron chi connectivity index (χ2n) is 13.6. The van der Waals surface area contributed by atoms with Gasteiger partial charge in [0.2, 0.25) is 11.8 Å². The van der Waals surface area contributed by atoms with Crippen LogP contribution in [0.4, 0.5) is 11.4 Å². The van der Waals surface area contributed by atoms with Crippen LogP contribution in [-0.2, 0) is 14.4 Å². The fraction of sp³-hybridized carbons (Fsp3) is 0.378. The van der Waals surface area contributed by atoms with E-state index in [2.05, 4.69) is 0 Å². The van der Waals surface area contributed by atoms with Crippen LogP contribution in [0.5, 0.6) is 11.5 Å². The number of carbonyl (C=O) groups is 3. The maximum Gasteiger partial charge on any atom is 0.308 e. The molecule has 236 valence electrons. The van der Waals surface area contributed by atoms with E-state index in [0.29, 0.717) is 62.7 Å². The summed E-state index contributed by atoms with van der Waals surface area (Å²) in [5.74, 6) is 0.765. The van der Waals surface area contributed by atoms with E-state index in [0.717, 1.165) is 44.0 Å². The van der Waals surface area contributed by atoms with E-state index in [9.17, 15) is 19.5 Å². The molecule has 7 nitrogen and oxygen atoms in total. The van der Waals surface area contributed by atoms with Gasteiger partial charge in [-0.05, 0) is 54.0 Å². The highest BCUT2D eigenvalue weighted by molar-refractivity contribution is 6.20. The highest BCUT2D eigenvalue weighted by atomic mass is 35.5. The zero-order chi connectivity index (χ0) is 32.0. The van der Waals surface area contributed by atoms with Gasteiger partial charge in [0.05, 0.1) is 22.2 Å². The third kappa shape index (κ3) is 4.13. The molecule has 2 unspecified atom stereocenters. The Labute approximate surface area is 277 Å². The monoisotopic (exact) mass is 656 g/mol. The lowest BCUT2D eigenvalue weighted by Crippen LogP contribution is -2.42. The number of phenolic OH excluding ortho intramolecular Hbond substituents is 1. The third-order valence-corrected chi connectivity index (χ3v) is 11.9. The SMILES string of the molecule is CC(=O)Oc1cc2c(c3ccccc13)C(CCl)CN2C(=O)C12CCC(C(=O)N3CC(CCl)c4c3cc(O)c3ccccc43)(CC1)C2. The van der Waals surface area contributed by atoms with E-state index < -0.39 is 16.8 Å². The Hall–Kier alpha value is -3.81. The summed E-state index contributed by atoms with van der Waals surface area (Å²) in [4.78, 5) is 45.0. The lowest BCUT2D eigenvalue weighted by molar-refractivity contribution is -0.132. The van der Waals surface area contributed by atoms with Crippen LogP contribution in [0.2, 0.25) is 0 Å². The number of alkyl halides is 2. The predicted octanol–water partition coefficient (Wildman–Crippen LogP) is 7.61. The third-order valence-electron chi connectivity index (χ3n) is 11.1. The molecule has 8 rings (SSSR count). The second kappa shape index (κ2) is 10.6. The standard InChI is InChI=1S/C37H34Cl2N2O5/c1-21(42)46-31-15-29-33(27-9-5-3-7-25(27)31)23(17-39)19-41(29)35(45)37-12-10-36(20-37,11-13-37)34(44)40-18-22(16-38)32-26-8-4-2-6-24(26)30(43)14-28(32)40/h2-9,14-15,22-23,43H,10-13,16-20H2,1H3. The van der Waals surface area contributed by atoms with Gasteiger partial charge in [-0.2, -0.15) is 0 Å². The van der Waals surface area contributed by atoms with Gasteiger partial charge in [-0.25, -0.2) is 0 Å². The first-order valence-electron chi connectivity index (χ1n) is 15.9. The number of halogens is 2. The predicted molar refractivity (Wildman–Crippen MR) is 180 cm³/mol. The number of anilines is 2. The molecule has 1 N–H and O–H groups in total. The average molecular weight is 658 g/mol. The summed E-state index contributed by atoms with van der Waals surface area (Å²) >= 11 is 13.0. The van der Waals surface area contributed by atoms with Gasteiger partial charge in [0.25, 0.3) is 0 Å². The van der Waals surface area contributed by atoms with Crippen LogP contribution in [-0.4, -0.2) is 47.7 Å². The number of aromatic hydroxyl groups is 1. The molecule has 2 bridgehead atoms. The van der Waals surface area contributed by atoms with Crippen molar-refractivity contribution >= 4 is 73.9 Å². The minimum absolute atomic E-state index is 0.0155. The maximum atomic E-state index is 14.7. The van der Waals surface area contributed by atoms with E-state index in [1.807, 2.05) is 64.4 Å². The second-order valence-corrected chi connectivity index (χ2v) is 14.2. The zero-order valence-corrected chi connectivity index (χ0v) is 27.0. The molecule has 4 aromatic carbocycles. The van der Waals surface area contributed by atoms with Gasteiger partial charge in [-0.3, -0.25) is 14.4 Å². The molecule has 2 aliphatic heterocycles. The fourth-order valence-corrected chi connectivity index (χ4v) is 9.58. The Morgan fingerprint density at radius 2 is 1.22 bits per heavy atom. The lowest BCUT2D eigenvalue weighted by atomic mass is 9.80.